The normalized spacial score (nSPS) is 16.5. The SMILES string of the molecule is Cc1ccc(-c2cnc(C3(C#N)CCC3)[nH]2)c(C)c1C. The van der Waals surface area contributed by atoms with Crippen LogP contribution in [0.2, 0.25) is 0 Å². The third kappa shape index (κ3) is 1.76. The van der Waals surface area contributed by atoms with Gasteiger partial charge in [0.25, 0.3) is 0 Å². The molecule has 1 aromatic heterocycles. The summed E-state index contributed by atoms with van der Waals surface area (Å²) in [5, 5.41) is 9.39. The van der Waals surface area contributed by atoms with E-state index in [-0.39, 0.29) is 5.41 Å². The van der Waals surface area contributed by atoms with E-state index in [9.17, 15) is 5.26 Å². The number of hydrogen-bond donors (Lipinski definition) is 1. The second-order valence-corrected chi connectivity index (χ2v) is 5.87. The summed E-state index contributed by atoms with van der Waals surface area (Å²) in [7, 11) is 0. The molecule has 1 fully saturated rings. The molecule has 20 heavy (non-hydrogen) atoms. The molecule has 2 aromatic rings. The van der Waals surface area contributed by atoms with Gasteiger partial charge in [-0.25, -0.2) is 4.98 Å². The molecule has 0 spiro atoms. The minimum Gasteiger partial charge on any atom is -0.341 e. The number of hydrogen-bond acceptors (Lipinski definition) is 2. The topological polar surface area (TPSA) is 52.5 Å². The summed E-state index contributed by atoms with van der Waals surface area (Å²) < 4.78 is 0. The Bertz CT molecular complexity index is 700. The van der Waals surface area contributed by atoms with Crippen LogP contribution in [-0.2, 0) is 5.41 Å². The van der Waals surface area contributed by atoms with Gasteiger partial charge in [-0.2, -0.15) is 5.26 Å². The minimum absolute atomic E-state index is 0.369. The summed E-state index contributed by atoms with van der Waals surface area (Å²) in [6.07, 6.45) is 4.82. The fourth-order valence-electron chi connectivity index (χ4n) is 2.88. The molecule has 1 aliphatic rings. The summed E-state index contributed by atoms with van der Waals surface area (Å²) in [5.41, 5.74) is 5.73. The van der Waals surface area contributed by atoms with Crippen molar-refractivity contribution in [3.05, 3.63) is 40.8 Å². The lowest BCUT2D eigenvalue weighted by atomic mass is 9.69. The predicted octanol–water partition coefficient (Wildman–Crippen LogP) is 3.95. The highest BCUT2D eigenvalue weighted by atomic mass is 14.9. The molecule has 1 aromatic carbocycles. The highest BCUT2D eigenvalue weighted by Crippen LogP contribution is 2.42. The zero-order valence-corrected chi connectivity index (χ0v) is 12.2. The van der Waals surface area contributed by atoms with Crippen LogP contribution in [-0.4, -0.2) is 9.97 Å². The average molecular weight is 265 g/mol. The highest BCUT2D eigenvalue weighted by Gasteiger charge is 2.41. The second-order valence-electron chi connectivity index (χ2n) is 5.87. The number of aromatic amines is 1. The van der Waals surface area contributed by atoms with Gasteiger partial charge in [0.15, 0.2) is 0 Å². The molecular formula is C17H19N3. The molecule has 3 nitrogen and oxygen atoms in total. The van der Waals surface area contributed by atoms with Crippen LogP contribution in [0.3, 0.4) is 0 Å². The van der Waals surface area contributed by atoms with E-state index in [2.05, 4.69) is 48.9 Å². The molecule has 0 amide bonds. The minimum atomic E-state index is -0.369. The van der Waals surface area contributed by atoms with Crippen LogP contribution in [0.5, 0.6) is 0 Å². The van der Waals surface area contributed by atoms with E-state index in [4.69, 9.17) is 0 Å². The van der Waals surface area contributed by atoms with Crippen molar-refractivity contribution in [1.29, 1.82) is 5.26 Å². The maximum absolute atomic E-state index is 9.39. The third-order valence-corrected chi connectivity index (χ3v) is 4.80. The number of aryl methyl sites for hydroxylation is 1. The first-order valence-corrected chi connectivity index (χ1v) is 7.11. The molecule has 0 radical (unpaired) electrons. The van der Waals surface area contributed by atoms with Crippen LogP contribution in [0.15, 0.2) is 18.3 Å². The maximum atomic E-state index is 9.39. The Kier molecular flexibility index (Phi) is 2.90. The smallest absolute Gasteiger partial charge is 0.127 e. The number of rotatable bonds is 2. The van der Waals surface area contributed by atoms with Crippen molar-refractivity contribution in [1.82, 2.24) is 9.97 Å². The molecule has 1 N–H and O–H groups in total. The molecule has 0 saturated heterocycles. The Balaban J connectivity index is 2.03. The van der Waals surface area contributed by atoms with Crippen LogP contribution in [0.1, 0.15) is 41.8 Å². The van der Waals surface area contributed by atoms with Gasteiger partial charge >= 0.3 is 0 Å². The van der Waals surface area contributed by atoms with Gasteiger partial charge in [0.05, 0.1) is 18.0 Å². The molecule has 1 heterocycles. The molecule has 102 valence electrons. The first kappa shape index (κ1) is 12.9. The summed E-state index contributed by atoms with van der Waals surface area (Å²) in [6.45, 7) is 6.42. The van der Waals surface area contributed by atoms with Gasteiger partial charge in [-0.1, -0.05) is 12.1 Å². The summed E-state index contributed by atoms with van der Waals surface area (Å²) in [4.78, 5) is 7.85. The Hall–Kier alpha value is -2.08. The van der Waals surface area contributed by atoms with Crippen molar-refractivity contribution in [3.63, 3.8) is 0 Å². The van der Waals surface area contributed by atoms with E-state index in [0.717, 1.165) is 30.8 Å². The summed E-state index contributed by atoms with van der Waals surface area (Å²) in [6, 6.07) is 6.71. The molecule has 0 unspecified atom stereocenters. The van der Waals surface area contributed by atoms with Crippen LogP contribution < -0.4 is 0 Å². The Morgan fingerprint density at radius 3 is 2.55 bits per heavy atom. The standard InChI is InChI=1S/C17H19N3/c1-11-5-6-14(13(3)12(11)2)15-9-19-16(20-15)17(10-18)7-4-8-17/h5-6,9H,4,7-8H2,1-3H3,(H,19,20). The second kappa shape index (κ2) is 4.49. The lowest BCUT2D eigenvalue weighted by molar-refractivity contribution is 0.309. The van der Waals surface area contributed by atoms with Gasteiger partial charge in [-0.05, 0) is 56.7 Å². The largest absolute Gasteiger partial charge is 0.341 e. The number of nitriles is 1. The number of aromatic nitrogens is 2. The number of nitrogens with zero attached hydrogens (tertiary/aromatic N) is 2. The third-order valence-electron chi connectivity index (χ3n) is 4.80. The highest BCUT2D eigenvalue weighted by molar-refractivity contribution is 5.66. The van der Waals surface area contributed by atoms with Crippen molar-refractivity contribution < 1.29 is 0 Å². The Morgan fingerprint density at radius 2 is 1.95 bits per heavy atom. The van der Waals surface area contributed by atoms with Crippen LogP contribution >= 0.6 is 0 Å². The van der Waals surface area contributed by atoms with Crippen molar-refractivity contribution in [2.24, 2.45) is 0 Å². The molecule has 1 saturated carbocycles. The van der Waals surface area contributed by atoms with E-state index in [1.807, 2.05) is 6.20 Å². The molecule has 0 atom stereocenters. The molecular weight excluding hydrogens is 246 g/mol. The van der Waals surface area contributed by atoms with Crippen molar-refractivity contribution in [2.45, 2.75) is 45.4 Å². The van der Waals surface area contributed by atoms with Gasteiger partial charge in [-0.15, -0.1) is 0 Å². The van der Waals surface area contributed by atoms with E-state index >= 15 is 0 Å². The molecule has 0 bridgehead atoms. The van der Waals surface area contributed by atoms with E-state index in [0.29, 0.717) is 0 Å². The maximum Gasteiger partial charge on any atom is 0.127 e. The van der Waals surface area contributed by atoms with E-state index in [1.165, 1.54) is 22.3 Å². The zero-order chi connectivity index (χ0) is 14.3. The number of H-pyrrole nitrogens is 1. The molecule has 0 aliphatic heterocycles. The Labute approximate surface area is 119 Å². The van der Waals surface area contributed by atoms with Crippen molar-refractivity contribution in [3.8, 4) is 17.3 Å². The summed E-state index contributed by atoms with van der Waals surface area (Å²) in [5.74, 6) is 0.832. The van der Waals surface area contributed by atoms with Gasteiger partial charge < -0.3 is 4.98 Å². The fourth-order valence-corrected chi connectivity index (χ4v) is 2.88. The lowest BCUT2D eigenvalue weighted by Gasteiger charge is -2.32. The lowest BCUT2D eigenvalue weighted by Crippen LogP contribution is -2.33. The molecule has 1 aliphatic carbocycles. The monoisotopic (exact) mass is 265 g/mol. The van der Waals surface area contributed by atoms with E-state index < -0.39 is 0 Å². The van der Waals surface area contributed by atoms with E-state index in [1.54, 1.807) is 0 Å². The van der Waals surface area contributed by atoms with Crippen LogP contribution in [0.4, 0.5) is 0 Å². The van der Waals surface area contributed by atoms with Gasteiger partial charge in [0.1, 0.15) is 11.2 Å². The summed E-state index contributed by atoms with van der Waals surface area (Å²) >= 11 is 0. The number of nitrogens with one attached hydrogen (secondary N) is 1. The average Bonchev–Trinajstić information content (AvgIpc) is 2.85. The van der Waals surface area contributed by atoms with Gasteiger partial charge in [0, 0.05) is 5.56 Å². The first-order chi connectivity index (χ1) is 9.57. The predicted molar refractivity (Wildman–Crippen MR) is 79.4 cm³/mol. The van der Waals surface area contributed by atoms with Crippen molar-refractivity contribution >= 4 is 0 Å². The van der Waals surface area contributed by atoms with Crippen LogP contribution in [0.25, 0.3) is 11.3 Å². The first-order valence-electron chi connectivity index (χ1n) is 7.11. The van der Waals surface area contributed by atoms with Gasteiger partial charge in [0.2, 0.25) is 0 Å². The number of imidazole rings is 1. The number of benzene rings is 1. The van der Waals surface area contributed by atoms with Gasteiger partial charge in [-0.3, -0.25) is 0 Å². The zero-order valence-electron chi connectivity index (χ0n) is 12.2. The van der Waals surface area contributed by atoms with Crippen molar-refractivity contribution in [2.75, 3.05) is 0 Å². The Morgan fingerprint density at radius 1 is 1.20 bits per heavy atom. The fraction of sp³-hybridized carbons (Fsp3) is 0.412. The van der Waals surface area contributed by atoms with Crippen LogP contribution in [0, 0.1) is 32.1 Å². The molecule has 3 heteroatoms. The molecule has 3 rings (SSSR count). The quantitative estimate of drug-likeness (QED) is 0.894.